The van der Waals surface area contributed by atoms with Crippen LogP contribution in [0.15, 0.2) is 24.3 Å². The average molecular weight is 275 g/mol. The van der Waals surface area contributed by atoms with Gasteiger partial charge in [0.25, 0.3) is 0 Å². The van der Waals surface area contributed by atoms with Crippen molar-refractivity contribution in [1.29, 1.82) is 0 Å². The third kappa shape index (κ3) is 4.64. The minimum atomic E-state index is 0.668. The minimum absolute atomic E-state index is 0.668. The van der Waals surface area contributed by atoms with Gasteiger partial charge in [-0.1, -0.05) is 26.0 Å². The first kappa shape index (κ1) is 15.0. The number of ether oxygens (including phenoxy) is 1. The van der Waals surface area contributed by atoms with Crippen LogP contribution in [-0.2, 0) is 0 Å². The van der Waals surface area contributed by atoms with Gasteiger partial charge in [-0.25, -0.2) is 0 Å². The predicted molar refractivity (Wildman–Crippen MR) is 81.3 cm³/mol. The Morgan fingerprint density at radius 3 is 2.75 bits per heavy atom. The summed E-state index contributed by atoms with van der Waals surface area (Å²) in [5.74, 6) is 2.41. The normalized spacial score (nSPS) is 23.5. The van der Waals surface area contributed by atoms with Crippen LogP contribution in [0.3, 0.4) is 0 Å². The first-order chi connectivity index (χ1) is 9.67. The van der Waals surface area contributed by atoms with Gasteiger partial charge in [-0.3, -0.25) is 4.79 Å². The Kier molecular flexibility index (Phi) is 5.60. The molecule has 1 aromatic carbocycles. The SMILES string of the molecule is C[C@H]1C[C@H](C)CN(CCCOc2cccc(C=O)c2)C1. The second kappa shape index (κ2) is 7.44. The second-order valence-electron chi connectivity index (χ2n) is 6.10. The summed E-state index contributed by atoms with van der Waals surface area (Å²) in [6.45, 7) is 8.91. The highest BCUT2D eigenvalue weighted by Crippen LogP contribution is 2.21. The van der Waals surface area contributed by atoms with Crippen molar-refractivity contribution in [1.82, 2.24) is 4.90 Å². The van der Waals surface area contributed by atoms with E-state index in [1.165, 1.54) is 19.5 Å². The molecule has 1 saturated heterocycles. The highest BCUT2D eigenvalue weighted by molar-refractivity contribution is 5.75. The molecular formula is C17H25NO2. The number of hydrogen-bond acceptors (Lipinski definition) is 3. The standard InChI is InChI=1S/C17H25NO2/c1-14-9-15(2)12-18(11-14)7-4-8-20-17-6-3-5-16(10-17)13-19/h3,5-6,10,13-15H,4,7-9,11-12H2,1-2H3/t14-,15-/m0/s1. The van der Waals surface area contributed by atoms with Crippen molar-refractivity contribution in [2.24, 2.45) is 11.8 Å². The van der Waals surface area contributed by atoms with Gasteiger partial charge in [-0.15, -0.1) is 0 Å². The maximum atomic E-state index is 10.7. The zero-order valence-corrected chi connectivity index (χ0v) is 12.5. The number of rotatable bonds is 6. The number of benzene rings is 1. The molecule has 0 radical (unpaired) electrons. The number of aldehydes is 1. The molecule has 3 heteroatoms. The molecule has 3 nitrogen and oxygen atoms in total. The third-order valence-electron chi connectivity index (χ3n) is 3.83. The Morgan fingerprint density at radius 1 is 1.30 bits per heavy atom. The van der Waals surface area contributed by atoms with Crippen LogP contribution in [0.1, 0.15) is 37.0 Å². The van der Waals surface area contributed by atoms with Crippen LogP contribution >= 0.6 is 0 Å². The molecule has 0 N–H and O–H groups in total. The van der Waals surface area contributed by atoms with E-state index in [1.807, 2.05) is 12.1 Å². The molecular weight excluding hydrogens is 250 g/mol. The molecule has 0 amide bonds. The van der Waals surface area contributed by atoms with Crippen molar-refractivity contribution in [3.63, 3.8) is 0 Å². The Balaban J connectivity index is 1.69. The van der Waals surface area contributed by atoms with Crippen molar-refractivity contribution in [3.05, 3.63) is 29.8 Å². The molecule has 1 fully saturated rings. The fourth-order valence-electron chi connectivity index (χ4n) is 3.13. The number of likely N-dealkylation sites (tertiary alicyclic amines) is 1. The predicted octanol–water partition coefficient (Wildman–Crippen LogP) is 3.25. The average Bonchev–Trinajstić information content (AvgIpc) is 2.43. The van der Waals surface area contributed by atoms with Crippen molar-refractivity contribution in [2.75, 3.05) is 26.2 Å². The van der Waals surface area contributed by atoms with Crippen LogP contribution in [0.4, 0.5) is 0 Å². The molecule has 20 heavy (non-hydrogen) atoms. The van der Waals surface area contributed by atoms with Crippen molar-refractivity contribution >= 4 is 6.29 Å². The van der Waals surface area contributed by atoms with Crippen LogP contribution < -0.4 is 4.74 Å². The van der Waals surface area contributed by atoms with Crippen LogP contribution in [0.25, 0.3) is 0 Å². The van der Waals surface area contributed by atoms with E-state index in [9.17, 15) is 4.79 Å². The lowest BCUT2D eigenvalue weighted by Gasteiger charge is -2.34. The number of hydrogen-bond donors (Lipinski definition) is 0. The van der Waals surface area contributed by atoms with E-state index < -0.39 is 0 Å². The van der Waals surface area contributed by atoms with E-state index in [0.29, 0.717) is 12.2 Å². The highest BCUT2D eigenvalue weighted by Gasteiger charge is 2.20. The molecule has 2 rings (SSSR count). The summed E-state index contributed by atoms with van der Waals surface area (Å²) >= 11 is 0. The van der Waals surface area contributed by atoms with Gasteiger partial charge in [0.05, 0.1) is 6.61 Å². The molecule has 2 atom stereocenters. The van der Waals surface area contributed by atoms with Crippen LogP contribution in [0, 0.1) is 11.8 Å². The lowest BCUT2D eigenvalue weighted by molar-refractivity contribution is 0.112. The Hall–Kier alpha value is -1.35. The maximum Gasteiger partial charge on any atom is 0.150 e. The van der Waals surface area contributed by atoms with Gasteiger partial charge in [-0.05, 0) is 36.8 Å². The molecule has 0 aromatic heterocycles. The van der Waals surface area contributed by atoms with Gasteiger partial charge in [0.15, 0.2) is 0 Å². The van der Waals surface area contributed by atoms with Gasteiger partial charge in [-0.2, -0.15) is 0 Å². The zero-order valence-electron chi connectivity index (χ0n) is 12.5. The summed E-state index contributed by atoms with van der Waals surface area (Å²) < 4.78 is 5.71. The number of carbonyl (C=O) groups excluding carboxylic acids is 1. The molecule has 1 aliphatic heterocycles. The van der Waals surface area contributed by atoms with E-state index in [0.717, 1.165) is 36.8 Å². The van der Waals surface area contributed by atoms with E-state index in [-0.39, 0.29) is 0 Å². The van der Waals surface area contributed by atoms with E-state index in [1.54, 1.807) is 12.1 Å². The molecule has 0 saturated carbocycles. The van der Waals surface area contributed by atoms with E-state index in [4.69, 9.17) is 4.74 Å². The summed E-state index contributed by atoms with van der Waals surface area (Å²) in [6, 6.07) is 7.33. The molecule has 0 spiro atoms. The molecule has 0 unspecified atom stereocenters. The van der Waals surface area contributed by atoms with Crippen LogP contribution in [0.2, 0.25) is 0 Å². The lowest BCUT2D eigenvalue weighted by Crippen LogP contribution is -2.39. The van der Waals surface area contributed by atoms with Crippen molar-refractivity contribution < 1.29 is 9.53 Å². The number of carbonyl (C=O) groups is 1. The summed E-state index contributed by atoms with van der Waals surface area (Å²) in [5.41, 5.74) is 0.668. The third-order valence-corrected chi connectivity index (χ3v) is 3.83. The fraction of sp³-hybridized carbons (Fsp3) is 0.588. The fourth-order valence-corrected chi connectivity index (χ4v) is 3.13. The van der Waals surface area contributed by atoms with Gasteiger partial charge in [0.2, 0.25) is 0 Å². The zero-order chi connectivity index (χ0) is 14.4. The smallest absolute Gasteiger partial charge is 0.150 e. The van der Waals surface area contributed by atoms with Crippen molar-refractivity contribution in [3.8, 4) is 5.75 Å². The minimum Gasteiger partial charge on any atom is -0.494 e. The number of nitrogens with zero attached hydrogens (tertiary/aromatic N) is 1. The second-order valence-corrected chi connectivity index (χ2v) is 6.10. The first-order valence-corrected chi connectivity index (χ1v) is 7.57. The summed E-state index contributed by atoms with van der Waals surface area (Å²) in [4.78, 5) is 13.2. The summed E-state index contributed by atoms with van der Waals surface area (Å²) in [6.07, 6.45) is 3.24. The lowest BCUT2D eigenvalue weighted by atomic mass is 9.92. The van der Waals surface area contributed by atoms with Gasteiger partial charge < -0.3 is 9.64 Å². The molecule has 110 valence electrons. The Bertz CT molecular complexity index is 423. The quantitative estimate of drug-likeness (QED) is 0.589. The topological polar surface area (TPSA) is 29.5 Å². The van der Waals surface area contributed by atoms with Gasteiger partial charge in [0.1, 0.15) is 12.0 Å². The van der Waals surface area contributed by atoms with Gasteiger partial charge >= 0.3 is 0 Å². The monoisotopic (exact) mass is 275 g/mol. The molecule has 1 heterocycles. The number of piperidine rings is 1. The van der Waals surface area contributed by atoms with Gasteiger partial charge in [0, 0.05) is 25.2 Å². The Morgan fingerprint density at radius 2 is 2.05 bits per heavy atom. The van der Waals surface area contributed by atoms with E-state index >= 15 is 0 Å². The highest BCUT2D eigenvalue weighted by atomic mass is 16.5. The van der Waals surface area contributed by atoms with E-state index in [2.05, 4.69) is 18.7 Å². The Labute approximate surface area is 121 Å². The van der Waals surface area contributed by atoms with Crippen LogP contribution in [0.5, 0.6) is 5.75 Å². The first-order valence-electron chi connectivity index (χ1n) is 7.57. The van der Waals surface area contributed by atoms with Crippen molar-refractivity contribution in [2.45, 2.75) is 26.7 Å². The molecule has 0 aliphatic carbocycles. The van der Waals surface area contributed by atoms with Crippen LogP contribution in [-0.4, -0.2) is 37.4 Å². The summed E-state index contributed by atoms with van der Waals surface area (Å²) in [7, 11) is 0. The largest absolute Gasteiger partial charge is 0.494 e. The maximum absolute atomic E-state index is 10.7. The molecule has 1 aliphatic rings. The molecule has 1 aromatic rings. The molecule has 0 bridgehead atoms. The summed E-state index contributed by atoms with van der Waals surface area (Å²) in [5, 5.41) is 0.